The Morgan fingerprint density at radius 2 is 2.36 bits per heavy atom. The molecule has 1 rings (SSSR count). The summed E-state index contributed by atoms with van der Waals surface area (Å²) in [5.74, 6) is 0.795. The molecule has 0 radical (unpaired) electrons. The molecule has 0 spiro atoms. The molecule has 0 saturated carbocycles. The van der Waals surface area contributed by atoms with Crippen molar-refractivity contribution in [2.24, 2.45) is 5.92 Å². The topological polar surface area (TPSA) is 12.0 Å². The minimum atomic E-state index is 0.795. The van der Waals surface area contributed by atoms with Gasteiger partial charge in [0.1, 0.15) is 0 Å². The van der Waals surface area contributed by atoms with Crippen molar-refractivity contribution in [3.63, 3.8) is 0 Å². The Balaban J connectivity index is 2.15. The van der Waals surface area contributed by atoms with Gasteiger partial charge in [0.05, 0.1) is 0 Å². The van der Waals surface area contributed by atoms with Crippen LogP contribution in [0.2, 0.25) is 0 Å². The summed E-state index contributed by atoms with van der Waals surface area (Å²) in [7, 11) is 0. The lowest BCUT2D eigenvalue weighted by atomic mass is 10.1. The van der Waals surface area contributed by atoms with Gasteiger partial charge in [0, 0.05) is 21.3 Å². The maximum Gasteiger partial charge on any atom is 0.0300 e. The molecule has 1 nitrogen and oxygen atoms in total. The lowest BCUT2D eigenvalue weighted by molar-refractivity contribution is 0.477. The van der Waals surface area contributed by atoms with Crippen molar-refractivity contribution in [1.82, 2.24) is 5.32 Å². The fourth-order valence-corrected chi connectivity index (χ4v) is 2.90. The monoisotopic (exact) mass is 275 g/mol. The van der Waals surface area contributed by atoms with Crippen molar-refractivity contribution in [2.45, 2.75) is 33.2 Å². The van der Waals surface area contributed by atoms with Gasteiger partial charge in [-0.25, -0.2) is 0 Å². The molecule has 0 aliphatic carbocycles. The van der Waals surface area contributed by atoms with E-state index in [-0.39, 0.29) is 0 Å². The van der Waals surface area contributed by atoms with Gasteiger partial charge in [0.2, 0.25) is 0 Å². The maximum absolute atomic E-state index is 3.49. The number of thiophene rings is 1. The third-order valence-corrected chi connectivity index (χ3v) is 3.89. The molecule has 1 atom stereocenters. The number of hydrogen-bond acceptors (Lipinski definition) is 2. The lowest BCUT2D eigenvalue weighted by Gasteiger charge is -2.10. The second kappa shape index (κ2) is 6.59. The van der Waals surface area contributed by atoms with E-state index < -0.39 is 0 Å². The highest BCUT2D eigenvalue weighted by atomic mass is 79.9. The van der Waals surface area contributed by atoms with Gasteiger partial charge in [-0.15, -0.1) is 11.3 Å². The number of nitrogens with one attached hydrogen (secondary N) is 1. The molecule has 0 aliphatic rings. The summed E-state index contributed by atoms with van der Waals surface area (Å²) in [4.78, 5) is 1.40. The molecule has 0 bridgehead atoms. The average Bonchev–Trinajstić information content (AvgIpc) is 2.52. The van der Waals surface area contributed by atoms with Gasteiger partial charge in [-0.2, -0.15) is 0 Å². The zero-order valence-corrected chi connectivity index (χ0v) is 11.2. The second-order valence-electron chi connectivity index (χ2n) is 3.76. The Morgan fingerprint density at radius 1 is 1.57 bits per heavy atom. The van der Waals surface area contributed by atoms with Crippen LogP contribution in [0.15, 0.2) is 15.9 Å². The van der Waals surface area contributed by atoms with Crippen molar-refractivity contribution in [1.29, 1.82) is 0 Å². The maximum atomic E-state index is 3.49. The van der Waals surface area contributed by atoms with Crippen LogP contribution in [0.4, 0.5) is 0 Å². The lowest BCUT2D eigenvalue weighted by Crippen LogP contribution is -2.20. The second-order valence-corrected chi connectivity index (χ2v) is 5.67. The number of hydrogen-bond donors (Lipinski definition) is 1. The minimum Gasteiger partial charge on any atom is -0.312 e. The van der Waals surface area contributed by atoms with E-state index in [0.717, 1.165) is 19.0 Å². The van der Waals surface area contributed by atoms with E-state index >= 15 is 0 Å². The SMILES string of the molecule is CCCC(C)CNCc1cc(Br)cs1. The van der Waals surface area contributed by atoms with Crippen LogP contribution in [-0.4, -0.2) is 6.54 Å². The van der Waals surface area contributed by atoms with E-state index in [1.807, 2.05) is 0 Å². The first-order chi connectivity index (χ1) is 6.72. The summed E-state index contributed by atoms with van der Waals surface area (Å²) in [5, 5.41) is 5.62. The van der Waals surface area contributed by atoms with Crippen LogP contribution in [0.3, 0.4) is 0 Å². The highest BCUT2D eigenvalue weighted by molar-refractivity contribution is 9.10. The molecule has 0 saturated heterocycles. The molecule has 1 unspecified atom stereocenters. The van der Waals surface area contributed by atoms with E-state index in [1.165, 1.54) is 22.2 Å². The molecule has 0 aliphatic heterocycles. The van der Waals surface area contributed by atoms with Crippen LogP contribution in [0.25, 0.3) is 0 Å². The Morgan fingerprint density at radius 3 is 2.93 bits per heavy atom. The number of halogens is 1. The smallest absolute Gasteiger partial charge is 0.0300 e. The van der Waals surface area contributed by atoms with Crippen LogP contribution in [0, 0.1) is 5.92 Å². The molecule has 1 heterocycles. The Labute approximate surface area is 99.0 Å². The van der Waals surface area contributed by atoms with Crippen molar-refractivity contribution in [3.05, 3.63) is 20.8 Å². The third kappa shape index (κ3) is 4.58. The standard InChI is InChI=1S/C11H18BrNS/c1-3-4-9(2)6-13-7-11-5-10(12)8-14-11/h5,8-9,13H,3-4,6-7H2,1-2H3. The highest BCUT2D eigenvalue weighted by Gasteiger charge is 2.01. The Bertz CT molecular complexity index is 260. The highest BCUT2D eigenvalue weighted by Crippen LogP contribution is 2.19. The molecule has 0 amide bonds. The molecule has 0 aromatic carbocycles. The van der Waals surface area contributed by atoms with Crippen LogP contribution in [0.5, 0.6) is 0 Å². The first-order valence-electron chi connectivity index (χ1n) is 5.16. The van der Waals surface area contributed by atoms with Crippen molar-refractivity contribution >= 4 is 27.3 Å². The summed E-state index contributed by atoms with van der Waals surface area (Å²) in [6.45, 7) is 6.68. The van der Waals surface area contributed by atoms with Crippen molar-refractivity contribution in [3.8, 4) is 0 Å². The number of rotatable bonds is 6. The van der Waals surface area contributed by atoms with E-state index in [2.05, 4.69) is 46.5 Å². The molecule has 14 heavy (non-hydrogen) atoms. The first-order valence-corrected chi connectivity index (χ1v) is 6.83. The average molecular weight is 276 g/mol. The van der Waals surface area contributed by atoms with Gasteiger partial charge in [-0.3, -0.25) is 0 Å². The molecule has 1 N–H and O–H groups in total. The molecule has 3 heteroatoms. The van der Waals surface area contributed by atoms with E-state index in [9.17, 15) is 0 Å². The van der Waals surface area contributed by atoms with E-state index in [1.54, 1.807) is 11.3 Å². The molecular weight excluding hydrogens is 258 g/mol. The Kier molecular flexibility index (Phi) is 5.75. The molecule has 80 valence electrons. The van der Waals surface area contributed by atoms with E-state index in [0.29, 0.717) is 0 Å². The third-order valence-electron chi connectivity index (χ3n) is 2.20. The fraction of sp³-hybridized carbons (Fsp3) is 0.636. The fourth-order valence-electron chi connectivity index (χ4n) is 1.48. The van der Waals surface area contributed by atoms with Crippen LogP contribution in [-0.2, 0) is 6.54 Å². The largest absolute Gasteiger partial charge is 0.312 e. The normalized spacial score (nSPS) is 13.1. The van der Waals surface area contributed by atoms with Gasteiger partial charge in [0.25, 0.3) is 0 Å². The molecule has 1 aromatic rings. The zero-order chi connectivity index (χ0) is 10.4. The van der Waals surface area contributed by atoms with Crippen LogP contribution >= 0.6 is 27.3 Å². The summed E-state index contributed by atoms with van der Waals surface area (Å²) in [6.07, 6.45) is 2.61. The van der Waals surface area contributed by atoms with Gasteiger partial charge < -0.3 is 5.32 Å². The molecule has 1 aromatic heterocycles. The van der Waals surface area contributed by atoms with Crippen molar-refractivity contribution in [2.75, 3.05) is 6.54 Å². The summed E-state index contributed by atoms with van der Waals surface area (Å²) >= 11 is 5.27. The van der Waals surface area contributed by atoms with Gasteiger partial charge >= 0.3 is 0 Å². The van der Waals surface area contributed by atoms with Crippen molar-refractivity contribution < 1.29 is 0 Å². The van der Waals surface area contributed by atoms with Crippen LogP contribution in [0.1, 0.15) is 31.6 Å². The zero-order valence-electron chi connectivity index (χ0n) is 8.85. The molecular formula is C11H18BrNS. The van der Waals surface area contributed by atoms with E-state index in [4.69, 9.17) is 0 Å². The predicted molar refractivity (Wildman–Crippen MR) is 67.8 cm³/mol. The van der Waals surface area contributed by atoms with Crippen LogP contribution < -0.4 is 5.32 Å². The molecule has 0 fully saturated rings. The van der Waals surface area contributed by atoms with Gasteiger partial charge in [0.15, 0.2) is 0 Å². The van der Waals surface area contributed by atoms with Gasteiger partial charge in [-0.05, 0) is 40.9 Å². The van der Waals surface area contributed by atoms with Gasteiger partial charge in [-0.1, -0.05) is 20.3 Å². The minimum absolute atomic E-state index is 0.795. The summed E-state index contributed by atoms with van der Waals surface area (Å²) in [5.41, 5.74) is 0. The first kappa shape index (κ1) is 12.2. The Hall–Kier alpha value is 0.140. The predicted octanol–water partition coefficient (Wildman–Crippen LogP) is 4.04. The summed E-state index contributed by atoms with van der Waals surface area (Å²) in [6, 6.07) is 2.18. The summed E-state index contributed by atoms with van der Waals surface area (Å²) < 4.78 is 1.20. The quantitative estimate of drug-likeness (QED) is 0.827.